The van der Waals surface area contributed by atoms with Crippen LogP contribution in [-0.4, -0.2) is 22.0 Å². The van der Waals surface area contributed by atoms with Gasteiger partial charge in [0.15, 0.2) is 5.76 Å². The van der Waals surface area contributed by atoms with Gasteiger partial charge in [0.2, 0.25) is 5.82 Å². The van der Waals surface area contributed by atoms with Gasteiger partial charge in [0.25, 0.3) is 5.56 Å². The summed E-state index contributed by atoms with van der Waals surface area (Å²) in [5.41, 5.74) is 1.84. The van der Waals surface area contributed by atoms with Crippen molar-refractivity contribution in [3.8, 4) is 17.3 Å². The lowest BCUT2D eigenvalue weighted by Crippen LogP contribution is -2.20. The zero-order chi connectivity index (χ0) is 23.7. The number of rotatable bonds is 6. The smallest absolute Gasteiger partial charge is 0.282 e. The summed E-state index contributed by atoms with van der Waals surface area (Å²) in [7, 11) is 0. The molecule has 0 aliphatic carbocycles. The van der Waals surface area contributed by atoms with E-state index in [0.717, 1.165) is 33.2 Å². The molecule has 0 unspecified atom stereocenters. The molecule has 7 heteroatoms. The van der Waals surface area contributed by atoms with Gasteiger partial charge in [-0.2, -0.15) is 9.78 Å². The number of nitrogens with zero attached hydrogens (tertiary/aromatic N) is 3. The third kappa shape index (κ3) is 4.26. The Morgan fingerprint density at radius 1 is 1.12 bits per heavy atom. The van der Waals surface area contributed by atoms with Crippen LogP contribution in [0, 0.1) is 0 Å². The van der Waals surface area contributed by atoms with E-state index in [1.807, 2.05) is 73.7 Å². The largest absolute Gasteiger partial charge is 0.490 e. The van der Waals surface area contributed by atoms with Crippen LogP contribution in [-0.2, 0) is 0 Å². The van der Waals surface area contributed by atoms with Gasteiger partial charge in [-0.25, -0.2) is 4.98 Å². The molecule has 0 aliphatic heterocycles. The second-order valence-corrected chi connectivity index (χ2v) is 8.84. The highest BCUT2D eigenvalue weighted by Gasteiger charge is 2.16. The molecule has 2 aromatic heterocycles. The second kappa shape index (κ2) is 9.27. The summed E-state index contributed by atoms with van der Waals surface area (Å²) in [4.78, 5) is 18.1. The van der Waals surface area contributed by atoms with E-state index in [-0.39, 0.29) is 11.7 Å². The summed E-state index contributed by atoms with van der Waals surface area (Å²) in [6, 6.07) is 22.5. The van der Waals surface area contributed by atoms with Gasteiger partial charge in [-0.15, -0.1) is 0 Å². The average Bonchev–Trinajstić information content (AvgIpc) is 3.29. The van der Waals surface area contributed by atoms with Crippen LogP contribution in [0.5, 0.6) is 5.75 Å². The molecule has 3 aromatic carbocycles. The number of hydrogen-bond acceptors (Lipinski definition) is 5. The maximum absolute atomic E-state index is 13.4. The monoisotopic (exact) mass is 515 g/mol. The standard InChI is InChI=1S/C27H22BrN3O3/c1-3-17(2)33-24-13-12-18(14-21(24)28)16-29-31-26(25-15-19-8-4-7-11-23(19)34-25)30-22-10-6-5-9-20(22)27(31)32/h4-17H,3H2,1-2H3/t17-/m0/s1. The third-order valence-corrected chi connectivity index (χ3v) is 6.20. The fourth-order valence-corrected chi connectivity index (χ4v) is 4.09. The van der Waals surface area contributed by atoms with Crippen LogP contribution in [0.3, 0.4) is 0 Å². The number of para-hydroxylation sites is 2. The lowest BCUT2D eigenvalue weighted by atomic mass is 10.2. The van der Waals surface area contributed by atoms with Crippen LogP contribution in [0.2, 0.25) is 0 Å². The molecule has 0 amide bonds. The molecule has 0 radical (unpaired) electrons. The molecule has 0 N–H and O–H groups in total. The summed E-state index contributed by atoms with van der Waals surface area (Å²) >= 11 is 3.57. The van der Waals surface area contributed by atoms with E-state index in [0.29, 0.717) is 22.5 Å². The molecular formula is C27H22BrN3O3. The first-order chi connectivity index (χ1) is 16.5. The first kappa shape index (κ1) is 22.1. The minimum Gasteiger partial charge on any atom is -0.490 e. The lowest BCUT2D eigenvalue weighted by molar-refractivity contribution is 0.216. The first-order valence-electron chi connectivity index (χ1n) is 11.0. The van der Waals surface area contributed by atoms with Crippen LogP contribution in [0.15, 0.2) is 91.6 Å². The van der Waals surface area contributed by atoms with Gasteiger partial charge in [-0.05, 0) is 77.3 Å². The predicted octanol–water partition coefficient (Wildman–Crippen LogP) is 6.63. The number of furan rings is 1. The highest BCUT2D eigenvalue weighted by atomic mass is 79.9. The molecular weight excluding hydrogens is 494 g/mol. The van der Waals surface area contributed by atoms with Crippen LogP contribution in [0.25, 0.3) is 33.5 Å². The van der Waals surface area contributed by atoms with E-state index in [1.54, 1.807) is 12.3 Å². The molecule has 2 heterocycles. The van der Waals surface area contributed by atoms with Crippen molar-refractivity contribution in [1.82, 2.24) is 9.66 Å². The number of ether oxygens (including phenoxy) is 1. The fourth-order valence-electron chi connectivity index (χ4n) is 3.60. The van der Waals surface area contributed by atoms with Gasteiger partial charge in [-0.1, -0.05) is 37.3 Å². The van der Waals surface area contributed by atoms with Gasteiger partial charge in [0, 0.05) is 5.39 Å². The van der Waals surface area contributed by atoms with Crippen molar-refractivity contribution in [1.29, 1.82) is 0 Å². The number of fused-ring (bicyclic) bond motifs is 2. The molecule has 0 saturated heterocycles. The molecule has 0 spiro atoms. The molecule has 0 fully saturated rings. The van der Waals surface area contributed by atoms with Crippen molar-refractivity contribution < 1.29 is 9.15 Å². The van der Waals surface area contributed by atoms with E-state index in [1.165, 1.54) is 4.68 Å². The minimum absolute atomic E-state index is 0.115. The summed E-state index contributed by atoms with van der Waals surface area (Å²) in [6.45, 7) is 4.11. The Labute approximate surface area is 204 Å². The number of aromatic nitrogens is 2. The van der Waals surface area contributed by atoms with Gasteiger partial charge in [-0.3, -0.25) is 4.79 Å². The van der Waals surface area contributed by atoms with Crippen LogP contribution in [0.4, 0.5) is 0 Å². The Morgan fingerprint density at radius 2 is 1.91 bits per heavy atom. The van der Waals surface area contributed by atoms with E-state index < -0.39 is 0 Å². The van der Waals surface area contributed by atoms with E-state index in [9.17, 15) is 4.79 Å². The summed E-state index contributed by atoms with van der Waals surface area (Å²) < 4.78 is 14.0. The maximum atomic E-state index is 13.4. The van der Waals surface area contributed by atoms with Crippen molar-refractivity contribution >= 4 is 44.0 Å². The molecule has 0 bridgehead atoms. The van der Waals surface area contributed by atoms with Gasteiger partial charge >= 0.3 is 0 Å². The van der Waals surface area contributed by atoms with E-state index >= 15 is 0 Å². The lowest BCUT2D eigenvalue weighted by Gasteiger charge is -2.14. The van der Waals surface area contributed by atoms with Crippen molar-refractivity contribution in [3.05, 3.63) is 93.2 Å². The first-order valence-corrected chi connectivity index (χ1v) is 11.8. The van der Waals surface area contributed by atoms with Crippen molar-refractivity contribution in [2.75, 3.05) is 0 Å². The third-order valence-electron chi connectivity index (χ3n) is 5.58. The highest BCUT2D eigenvalue weighted by molar-refractivity contribution is 9.10. The van der Waals surface area contributed by atoms with E-state index in [2.05, 4.69) is 28.0 Å². The summed E-state index contributed by atoms with van der Waals surface area (Å²) in [6.07, 6.45) is 2.66. The molecule has 6 nitrogen and oxygen atoms in total. The van der Waals surface area contributed by atoms with Crippen molar-refractivity contribution in [2.24, 2.45) is 5.10 Å². The summed E-state index contributed by atoms with van der Waals surface area (Å²) in [5.74, 6) is 1.57. The normalized spacial score (nSPS) is 12.6. The Balaban J connectivity index is 1.60. The molecule has 0 saturated carbocycles. The van der Waals surface area contributed by atoms with Crippen LogP contribution < -0.4 is 10.3 Å². The predicted molar refractivity (Wildman–Crippen MR) is 139 cm³/mol. The Bertz CT molecular complexity index is 1550. The quantitative estimate of drug-likeness (QED) is 0.238. The molecule has 170 valence electrons. The Kier molecular flexibility index (Phi) is 6.02. The zero-order valence-corrected chi connectivity index (χ0v) is 20.3. The van der Waals surface area contributed by atoms with E-state index in [4.69, 9.17) is 14.1 Å². The number of hydrogen-bond donors (Lipinski definition) is 0. The van der Waals surface area contributed by atoms with Crippen LogP contribution >= 0.6 is 15.9 Å². The van der Waals surface area contributed by atoms with Crippen molar-refractivity contribution in [3.63, 3.8) is 0 Å². The number of benzene rings is 3. The highest BCUT2D eigenvalue weighted by Crippen LogP contribution is 2.28. The maximum Gasteiger partial charge on any atom is 0.282 e. The second-order valence-electron chi connectivity index (χ2n) is 7.99. The fraction of sp³-hybridized carbons (Fsp3) is 0.148. The molecule has 34 heavy (non-hydrogen) atoms. The molecule has 0 aliphatic rings. The zero-order valence-electron chi connectivity index (χ0n) is 18.7. The SMILES string of the molecule is CC[C@H](C)Oc1ccc(C=Nn2c(-c3cc4ccccc4o3)nc3ccccc3c2=O)cc1Br. The molecule has 1 atom stereocenters. The molecule has 5 aromatic rings. The number of halogens is 1. The average molecular weight is 516 g/mol. The Morgan fingerprint density at radius 3 is 2.71 bits per heavy atom. The topological polar surface area (TPSA) is 69.6 Å². The Hall–Kier alpha value is -3.71. The van der Waals surface area contributed by atoms with Crippen molar-refractivity contribution in [2.45, 2.75) is 26.4 Å². The van der Waals surface area contributed by atoms with Crippen LogP contribution in [0.1, 0.15) is 25.8 Å². The summed E-state index contributed by atoms with van der Waals surface area (Å²) in [5, 5.41) is 5.93. The van der Waals surface area contributed by atoms with Gasteiger partial charge < -0.3 is 9.15 Å². The van der Waals surface area contributed by atoms with Gasteiger partial charge in [0.05, 0.1) is 27.7 Å². The molecule has 5 rings (SSSR count). The van der Waals surface area contributed by atoms with Gasteiger partial charge in [0.1, 0.15) is 11.3 Å². The minimum atomic E-state index is -0.270.